The molecule has 2 aromatic carbocycles. The fourth-order valence-electron chi connectivity index (χ4n) is 2.06. The molecular weight excluding hydrogens is 374 g/mol. The Morgan fingerprint density at radius 1 is 1.12 bits per heavy atom. The van der Waals surface area contributed by atoms with Gasteiger partial charge in [-0.2, -0.15) is 0 Å². The minimum absolute atomic E-state index is 0.106. The Morgan fingerprint density at radius 2 is 1.83 bits per heavy atom. The molecule has 0 aliphatic rings. The highest BCUT2D eigenvalue weighted by Gasteiger charge is 2.10. The third-order valence-electron chi connectivity index (χ3n) is 3.33. The number of aryl methyl sites for hydroxylation is 1. The molecule has 0 fully saturated rings. The number of carbonyl (C=O) groups is 2. The second kappa shape index (κ2) is 8.49. The van der Waals surface area contributed by atoms with Crippen molar-refractivity contribution in [2.24, 2.45) is 0 Å². The van der Waals surface area contributed by atoms with E-state index < -0.39 is 5.97 Å². The van der Waals surface area contributed by atoms with Crippen LogP contribution in [0.15, 0.2) is 46.9 Å². The molecular formula is C18H18BrNO4. The molecule has 0 saturated carbocycles. The number of anilines is 1. The average molecular weight is 392 g/mol. The van der Waals surface area contributed by atoms with Gasteiger partial charge in [-0.1, -0.05) is 28.1 Å². The first-order valence-corrected chi connectivity index (χ1v) is 8.12. The van der Waals surface area contributed by atoms with Crippen LogP contribution < -0.4 is 10.1 Å². The number of nitrogens with one attached hydrogen (secondary N) is 1. The van der Waals surface area contributed by atoms with Crippen molar-refractivity contribution < 1.29 is 19.1 Å². The molecule has 1 amide bonds. The van der Waals surface area contributed by atoms with Gasteiger partial charge in [-0.15, -0.1) is 0 Å². The van der Waals surface area contributed by atoms with Gasteiger partial charge in [0.25, 0.3) is 5.91 Å². The molecule has 6 heteroatoms. The lowest BCUT2D eigenvalue weighted by atomic mass is 10.1. The number of hydrogen-bond donors (Lipinski definition) is 1. The van der Waals surface area contributed by atoms with Gasteiger partial charge >= 0.3 is 5.97 Å². The molecule has 0 spiro atoms. The van der Waals surface area contributed by atoms with Crippen LogP contribution >= 0.6 is 15.9 Å². The summed E-state index contributed by atoms with van der Waals surface area (Å²) in [4.78, 5) is 23.7. The molecule has 0 aliphatic heterocycles. The maximum atomic E-state index is 11.9. The molecule has 2 aromatic rings. The SMILES string of the molecule is COc1ccc(CC(=O)OCC(=O)Nc2ccc(Br)cc2C)cc1. The highest BCUT2D eigenvalue weighted by atomic mass is 79.9. The van der Waals surface area contributed by atoms with E-state index in [2.05, 4.69) is 21.2 Å². The summed E-state index contributed by atoms with van der Waals surface area (Å²) in [5, 5.41) is 2.72. The smallest absolute Gasteiger partial charge is 0.310 e. The van der Waals surface area contributed by atoms with E-state index in [0.29, 0.717) is 5.69 Å². The predicted molar refractivity (Wildman–Crippen MR) is 95.2 cm³/mol. The molecule has 0 atom stereocenters. The van der Waals surface area contributed by atoms with Crippen molar-refractivity contribution in [2.45, 2.75) is 13.3 Å². The quantitative estimate of drug-likeness (QED) is 0.765. The summed E-state index contributed by atoms with van der Waals surface area (Å²) >= 11 is 3.36. The Kier molecular flexibility index (Phi) is 6.37. The highest BCUT2D eigenvalue weighted by Crippen LogP contribution is 2.19. The zero-order valence-corrected chi connectivity index (χ0v) is 15.1. The minimum atomic E-state index is -0.456. The van der Waals surface area contributed by atoms with Crippen molar-refractivity contribution in [1.29, 1.82) is 0 Å². The average Bonchev–Trinajstić information content (AvgIpc) is 2.56. The fraction of sp³-hybridized carbons (Fsp3) is 0.222. The number of halogens is 1. The lowest BCUT2D eigenvalue weighted by Gasteiger charge is -2.09. The van der Waals surface area contributed by atoms with Gasteiger partial charge in [0, 0.05) is 10.2 Å². The summed E-state index contributed by atoms with van der Waals surface area (Å²) in [6.07, 6.45) is 0.106. The molecule has 0 radical (unpaired) electrons. The molecule has 126 valence electrons. The van der Waals surface area contributed by atoms with Gasteiger partial charge in [-0.05, 0) is 48.4 Å². The highest BCUT2D eigenvalue weighted by molar-refractivity contribution is 9.10. The van der Waals surface area contributed by atoms with Gasteiger partial charge in [0.2, 0.25) is 0 Å². The first kappa shape index (κ1) is 18.0. The summed E-state index contributed by atoms with van der Waals surface area (Å²) in [6, 6.07) is 12.6. The van der Waals surface area contributed by atoms with Crippen LogP contribution in [0.4, 0.5) is 5.69 Å². The van der Waals surface area contributed by atoms with Crippen LogP contribution in [0, 0.1) is 6.92 Å². The second-order valence-electron chi connectivity index (χ2n) is 5.19. The Hall–Kier alpha value is -2.34. The molecule has 2 rings (SSSR count). The van der Waals surface area contributed by atoms with E-state index >= 15 is 0 Å². The lowest BCUT2D eigenvalue weighted by Crippen LogP contribution is -2.22. The minimum Gasteiger partial charge on any atom is -0.497 e. The third-order valence-corrected chi connectivity index (χ3v) is 3.83. The maximum absolute atomic E-state index is 11.9. The normalized spacial score (nSPS) is 10.1. The van der Waals surface area contributed by atoms with Gasteiger partial charge < -0.3 is 14.8 Å². The summed E-state index contributed by atoms with van der Waals surface area (Å²) in [5.74, 6) is -0.109. The van der Waals surface area contributed by atoms with Gasteiger partial charge in [0.15, 0.2) is 6.61 Å². The van der Waals surface area contributed by atoms with Crippen LogP contribution in [-0.4, -0.2) is 25.6 Å². The summed E-state index contributed by atoms with van der Waals surface area (Å²) in [7, 11) is 1.58. The lowest BCUT2D eigenvalue weighted by molar-refractivity contribution is -0.146. The van der Waals surface area contributed by atoms with Crippen LogP contribution in [0.25, 0.3) is 0 Å². The number of rotatable bonds is 6. The van der Waals surface area contributed by atoms with Gasteiger partial charge in [-0.25, -0.2) is 0 Å². The van der Waals surface area contributed by atoms with Crippen LogP contribution in [-0.2, 0) is 20.7 Å². The van der Waals surface area contributed by atoms with E-state index in [-0.39, 0.29) is 18.9 Å². The number of esters is 1. The first-order chi connectivity index (χ1) is 11.5. The number of hydrogen-bond acceptors (Lipinski definition) is 4. The van der Waals surface area contributed by atoms with E-state index in [1.165, 1.54) is 0 Å². The largest absolute Gasteiger partial charge is 0.497 e. The van der Waals surface area contributed by atoms with Crippen molar-refractivity contribution in [2.75, 3.05) is 19.0 Å². The molecule has 5 nitrogen and oxygen atoms in total. The fourth-order valence-corrected chi connectivity index (χ4v) is 2.54. The van der Waals surface area contributed by atoms with E-state index in [1.807, 2.05) is 19.1 Å². The number of benzene rings is 2. The molecule has 0 aliphatic carbocycles. The number of methoxy groups -OCH3 is 1. The Labute approximate surface area is 149 Å². The first-order valence-electron chi connectivity index (χ1n) is 7.32. The number of ether oxygens (including phenoxy) is 2. The van der Waals surface area contributed by atoms with Crippen molar-refractivity contribution in [3.63, 3.8) is 0 Å². The standard InChI is InChI=1S/C18H18BrNO4/c1-12-9-14(19)5-8-16(12)20-17(21)11-24-18(22)10-13-3-6-15(23-2)7-4-13/h3-9H,10-11H2,1-2H3,(H,20,21). The second-order valence-corrected chi connectivity index (χ2v) is 6.11. The molecule has 0 aromatic heterocycles. The van der Waals surface area contributed by atoms with Crippen molar-refractivity contribution in [3.05, 3.63) is 58.1 Å². The van der Waals surface area contributed by atoms with Crippen LogP contribution in [0.3, 0.4) is 0 Å². The monoisotopic (exact) mass is 391 g/mol. The van der Waals surface area contributed by atoms with Crippen molar-refractivity contribution in [3.8, 4) is 5.75 Å². The van der Waals surface area contributed by atoms with Gasteiger partial charge in [0.05, 0.1) is 13.5 Å². The van der Waals surface area contributed by atoms with E-state index in [0.717, 1.165) is 21.3 Å². The van der Waals surface area contributed by atoms with Crippen molar-refractivity contribution >= 4 is 33.5 Å². The molecule has 24 heavy (non-hydrogen) atoms. The Morgan fingerprint density at radius 3 is 2.46 bits per heavy atom. The number of amides is 1. The third kappa shape index (κ3) is 5.38. The summed E-state index contributed by atoms with van der Waals surface area (Å²) < 4.78 is 11.0. The molecule has 0 saturated heterocycles. The Bertz CT molecular complexity index is 728. The topological polar surface area (TPSA) is 64.6 Å². The summed E-state index contributed by atoms with van der Waals surface area (Å²) in [6.45, 7) is 1.57. The van der Waals surface area contributed by atoms with E-state index in [1.54, 1.807) is 37.4 Å². The van der Waals surface area contributed by atoms with Crippen LogP contribution in [0.1, 0.15) is 11.1 Å². The zero-order chi connectivity index (χ0) is 17.5. The van der Waals surface area contributed by atoms with Gasteiger partial charge in [-0.3, -0.25) is 9.59 Å². The zero-order valence-electron chi connectivity index (χ0n) is 13.5. The Balaban J connectivity index is 1.81. The molecule has 1 N–H and O–H groups in total. The molecule has 0 heterocycles. The van der Waals surface area contributed by atoms with Crippen LogP contribution in [0.5, 0.6) is 5.75 Å². The van der Waals surface area contributed by atoms with E-state index in [9.17, 15) is 9.59 Å². The van der Waals surface area contributed by atoms with Crippen LogP contribution in [0.2, 0.25) is 0 Å². The summed E-state index contributed by atoms with van der Waals surface area (Å²) in [5.41, 5.74) is 2.40. The molecule has 0 unspecified atom stereocenters. The van der Waals surface area contributed by atoms with Crippen molar-refractivity contribution in [1.82, 2.24) is 0 Å². The maximum Gasteiger partial charge on any atom is 0.310 e. The molecule has 0 bridgehead atoms. The van der Waals surface area contributed by atoms with E-state index in [4.69, 9.17) is 9.47 Å². The number of carbonyl (C=O) groups excluding carboxylic acids is 2. The van der Waals surface area contributed by atoms with Gasteiger partial charge in [0.1, 0.15) is 5.75 Å². The predicted octanol–water partition coefficient (Wildman–Crippen LogP) is 3.49.